The van der Waals surface area contributed by atoms with Gasteiger partial charge in [0.2, 0.25) is 11.8 Å². The smallest absolute Gasteiger partial charge is 0.234 e. The highest BCUT2D eigenvalue weighted by Gasteiger charge is 2.67. The highest BCUT2D eigenvalue weighted by Crippen LogP contribution is 2.53. The lowest BCUT2D eigenvalue weighted by atomic mass is 9.76. The summed E-state index contributed by atoms with van der Waals surface area (Å²) in [5, 5.41) is 6.69. The van der Waals surface area contributed by atoms with Gasteiger partial charge in [0, 0.05) is 25.5 Å². The number of aromatic nitrogens is 2. The molecule has 1 aromatic heterocycles. The van der Waals surface area contributed by atoms with Gasteiger partial charge in [-0.25, -0.2) is 4.39 Å². The van der Waals surface area contributed by atoms with Crippen molar-refractivity contribution in [2.75, 3.05) is 25.0 Å². The number of nitrogens with one attached hydrogen (secondary N) is 1. The number of benzene rings is 1. The Balaban J connectivity index is 1.39. The third kappa shape index (κ3) is 2.78. The van der Waals surface area contributed by atoms with Gasteiger partial charge in [-0.3, -0.25) is 14.7 Å². The van der Waals surface area contributed by atoms with E-state index in [1.165, 1.54) is 12.1 Å². The molecule has 4 atom stereocenters. The molecule has 0 aliphatic carbocycles. The van der Waals surface area contributed by atoms with Crippen LogP contribution in [0.5, 0.6) is 0 Å². The number of nitrogens with zero attached hydrogens (tertiary/aromatic N) is 3. The number of ether oxygens (including phenoxy) is 1. The predicted octanol–water partition coefficient (Wildman–Crippen LogP) is 1.84. The third-order valence-corrected chi connectivity index (χ3v) is 6.50. The first-order valence-corrected chi connectivity index (χ1v) is 10.1. The number of likely N-dealkylation sites (N-methyl/N-ethyl adjacent to an activating group) is 1. The van der Waals surface area contributed by atoms with Crippen LogP contribution in [0.25, 0.3) is 0 Å². The lowest BCUT2D eigenvalue weighted by Gasteiger charge is -2.27. The van der Waals surface area contributed by atoms with Crippen molar-refractivity contribution in [2.45, 2.75) is 25.0 Å². The van der Waals surface area contributed by atoms with Crippen LogP contribution in [0.2, 0.25) is 0 Å². The first-order chi connectivity index (χ1) is 14.4. The second-order valence-electron chi connectivity index (χ2n) is 8.37. The Morgan fingerprint density at radius 2 is 2.30 bits per heavy atom. The number of aromatic amines is 1. The highest BCUT2D eigenvalue weighted by atomic mass is 19.1. The maximum atomic E-state index is 13.5. The molecule has 156 valence electrons. The molecular weight excluding hydrogens is 387 g/mol. The number of H-pyrrole nitrogens is 1. The lowest BCUT2D eigenvalue weighted by molar-refractivity contribution is -0.139. The quantitative estimate of drug-likeness (QED) is 0.763. The average molecular weight is 410 g/mol. The molecule has 5 rings (SSSR count). The number of aryl methyl sites for hydroxylation is 1. The summed E-state index contributed by atoms with van der Waals surface area (Å²) >= 11 is 0. The van der Waals surface area contributed by atoms with Crippen molar-refractivity contribution in [3.63, 3.8) is 0 Å². The number of hydrogen-bond donors (Lipinski definition) is 1. The monoisotopic (exact) mass is 410 g/mol. The van der Waals surface area contributed by atoms with Gasteiger partial charge in [0.25, 0.3) is 0 Å². The van der Waals surface area contributed by atoms with E-state index in [4.69, 9.17) is 4.74 Å². The minimum atomic E-state index is -0.797. The summed E-state index contributed by atoms with van der Waals surface area (Å²) < 4.78 is 19.7. The predicted molar refractivity (Wildman–Crippen MR) is 107 cm³/mol. The van der Waals surface area contributed by atoms with Crippen LogP contribution in [0.15, 0.2) is 42.7 Å². The molecule has 8 heteroatoms. The zero-order valence-corrected chi connectivity index (χ0v) is 16.8. The minimum Gasteiger partial charge on any atom is -0.360 e. The zero-order chi connectivity index (χ0) is 21.0. The molecule has 0 saturated carbocycles. The largest absolute Gasteiger partial charge is 0.360 e. The fourth-order valence-electron chi connectivity index (χ4n) is 4.98. The first kappa shape index (κ1) is 19.0. The summed E-state index contributed by atoms with van der Waals surface area (Å²) in [5.74, 6) is -1.70. The third-order valence-electron chi connectivity index (χ3n) is 6.50. The van der Waals surface area contributed by atoms with Crippen LogP contribution in [0.4, 0.5) is 10.1 Å². The van der Waals surface area contributed by atoms with Gasteiger partial charge in [-0.1, -0.05) is 12.2 Å². The van der Waals surface area contributed by atoms with E-state index in [2.05, 4.69) is 10.2 Å². The van der Waals surface area contributed by atoms with Crippen molar-refractivity contribution in [1.29, 1.82) is 0 Å². The molecule has 2 aromatic rings. The van der Waals surface area contributed by atoms with Crippen molar-refractivity contribution in [1.82, 2.24) is 15.1 Å². The fourth-order valence-corrected chi connectivity index (χ4v) is 4.98. The molecule has 2 amide bonds. The molecule has 1 aromatic carbocycles. The molecule has 2 saturated heterocycles. The zero-order valence-electron chi connectivity index (χ0n) is 16.8. The maximum absolute atomic E-state index is 13.5. The van der Waals surface area contributed by atoms with Gasteiger partial charge in [-0.05, 0) is 42.7 Å². The van der Waals surface area contributed by atoms with E-state index < -0.39 is 17.4 Å². The molecule has 3 aliphatic heterocycles. The molecule has 7 nitrogen and oxygen atoms in total. The summed E-state index contributed by atoms with van der Waals surface area (Å²) in [7, 11) is 1.76. The molecule has 2 bridgehead atoms. The van der Waals surface area contributed by atoms with Crippen molar-refractivity contribution >= 4 is 17.5 Å². The summed E-state index contributed by atoms with van der Waals surface area (Å²) in [4.78, 5) is 30.0. The van der Waals surface area contributed by atoms with Crippen LogP contribution in [0.3, 0.4) is 0 Å². The number of rotatable bonds is 5. The molecule has 1 N–H and O–H groups in total. The topological polar surface area (TPSA) is 78.5 Å². The number of amides is 2. The number of fused-ring (bicyclic) bond motifs is 1. The SMILES string of the molecule is Cc1cc(F)ccc1N1C[C@]23C=C[C@H](O2)[C@@H](C(=O)N(C)CCc2cn[nH]c2)[C@H]3C1=O. The van der Waals surface area contributed by atoms with Gasteiger partial charge in [0.15, 0.2) is 0 Å². The minimum absolute atomic E-state index is 0.0919. The summed E-state index contributed by atoms with van der Waals surface area (Å²) in [6.45, 7) is 2.64. The van der Waals surface area contributed by atoms with Crippen LogP contribution in [0, 0.1) is 24.6 Å². The molecule has 1 spiro atoms. The van der Waals surface area contributed by atoms with Crippen molar-refractivity contribution in [3.05, 3.63) is 59.7 Å². The van der Waals surface area contributed by atoms with Gasteiger partial charge in [-0.2, -0.15) is 5.10 Å². The second-order valence-corrected chi connectivity index (χ2v) is 8.37. The summed E-state index contributed by atoms with van der Waals surface area (Å²) in [6, 6.07) is 4.38. The number of halogens is 1. The van der Waals surface area contributed by atoms with Crippen molar-refractivity contribution in [2.24, 2.45) is 11.8 Å². The van der Waals surface area contributed by atoms with E-state index in [-0.39, 0.29) is 23.7 Å². The first-order valence-electron chi connectivity index (χ1n) is 10.1. The van der Waals surface area contributed by atoms with E-state index >= 15 is 0 Å². The Hall–Kier alpha value is -3.00. The maximum Gasteiger partial charge on any atom is 0.234 e. The molecule has 30 heavy (non-hydrogen) atoms. The fraction of sp³-hybridized carbons (Fsp3) is 0.409. The van der Waals surface area contributed by atoms with E-state index in [1.807, 2.05) is 12.2 Å². The van der Waals surface area contributed by atoms with E-state index in [9.17, 15) is 14.0 Å². The molecule has 0 radical (unpaired) electrons. The van der Waals surface area contributed by atoms with Crippen LogP contribution in [-0.4, -0.2) is 58.8 Å². The number of anilines is 1. The van der Waals surface area contributed by atoms with Crippen molar-refractivity contribution in [3.8, 4) is 0 Å². The van der Waals surface area contributed by atoms with E-state index in [1.54, 1.807) is 42.2 Å². The van der Waals surface area contributed by atoms with Gasteiger partial charge >= 0.3 is 0 Å². The Bertz CT molecular complexity index is 1040. The lowest BCUT2D eigenvalue weighted by Crippen LogP contribution is -2.45. The standard InChI is InChI=1S/C22H23FN4O3/c1-13-9-15(23)3-4-16(13)27-12-22-7-5-17(30-22)18(19(22)21(27)29)20(28)26(2)8-6-14-10-24-25-11-14/h3-5,7,9-11,17-19H,6,8,12H2,1-2H3,(H,24,25)/t17-,18+,19-,22-/m0/s1. The van der Waals surface area contributed by atoms with Crippen LogP contribution in [-0.2, 0) is 20.7 Å². The Morgan fingerprint density at radius 1 is 1.47 bits per heavy atom. The van der Waals surface area contributed by atoms with E-state index in [0.717, 1.165) is 5.56 Å². The van der Waals surface area contributed by atoms with Gasteiger partial charge in [0.05, 0.1) is 30.7 Å². The second kappa shape index (κ2) is 6.77. The Kier molecular flexibility index (Phi) is 4.28. The molecule has 3 aliphatic rings. The van der Waals surface area contributed by atoms with Crippen LogP contribution < -0.4 is 4.90 Å². The van der Waals surface area contributed by atoms with Crippen LogP contribution in [0.1, 0.15) is 11.1 Å². The Morgan fingerprint density at radius 3 is 3.03 bits per heavy atom. The summed E-state index contributed by atoms with van der Waals surface area (Å²) in [6.07, 6.45) is 7.66. The number of carbonyl (C=O) groups excluding carboxylic acids is 2. The van der Waals surface area contributed by atoms with Crippen LogP contribution >= 0.6 is 0 Å². The average Bonchev–Trinajstić information content (AvgIpc) is 3.48. The summed E-state index contributed by atoms with van der Waals surface area (Å²) in [5.41, 5.74) is 1.56. The molecule has 0 unspecified atom stereocenters. The van der Waals surface area contributed by atoms with Gasteiger partial charge < -0.3 is 14.5 Å². The molecule has 2 fully saturated rings. The molecular formula is C22H23FN4O3. The van der Waals surface area contributed by atoms with Gasteiger partial charge in [-0.15, -0.1) is 0 Å². The van der Waals surface area contributed by atoms with Gasteiger partial charge in [0.1, 0.15) is 11.4 Å². The molecule has 4 heterocycles. The van der Waals surface area contributed by atoms with Crippen molar-refractivity contribution < 1.29 is 18.7 Å². The Labute approximate surface area is 173 Å². The highest BCUT2D eigenvalue weighted by molar-refractivity contribution is 6.03. The number of hydrogen-bond acceptors (Lipinski definition) is 4. The normalized spacial score (nSPS) is 29.0. The number of carbonyl (C=O) groups is 2. The van der Waals surface area contributed by atoms with E-state index in [0.29, 0.717) is 30.8 Å².